The fraction of sp³-hybridized carbons (Fsp3) is 0.562. The number of aryl methyl sites for hydroxylation is 1. The standard InChI is InChI=1S/C16H22BrNO/c17-12-16(10-4-5-11-16)13-18-15(19)9-8-14-6-2-1-3-7-14/h1-3,6-7H,4-5,8-13H2,(H,18,19). The van der Waals surface area contributed by atoms with Gasteiger partial charge < -0.3 is 5.32 Å². The minimum Gasteiger partial charge on any atom is -0.356 e. The van der Waals surface area contributed by atoms with Crippen LogP contribution in [0.3, 0.4) is 0 Å². The summed E-state index contributed by atoms with van der Waals surface area (Å²) in [5.74, 6) is 0.177. The van der Waals surface area contributed by atoms with E-state index in [1.807, 2.05) is 18.2 Å². The molecule has 104 valence electrons. The van der Waals surface area contributed by atoms with Crippen LogP contribution in [0.1, 0.15) is 37.7 Å². The summed E-state index contributed by atoms with van der Waals surface area (Å²) in [7, 11) is 0. The molecular weight excluding hydrogens is 302 g/mol. The molecular formula is C16H22BrNO. The number of carbonyl (C=O) groups excluding carboxylic acids is 1. The highest BCUT2D eigenvalue weighted by molar-refractivity contribution is 9.09. The highest BCUT2D eigenvalue weighted by atomic mass is 79.9. The van der Waals surface area contributed by atoms with Gasteiger partial charge >= 0.3 is 0 Å². The minimum atomic E-state index is 0.177. The summed E-state index contributed by atoms with van der Waals surface area (Å²) in [6, 6.07) is 10.2. The maximum atomic E-state index is 11.9. The molecule has 0 unspecified atom stereocenters. The van der Waals surface area contributed by atoms with Gasteiger partial charge in [0.15, 0.2) is 0 Å². The second kappa shape index (κ2) is 7.09. The minimum absolute atomic E-state index is 0.177. The molecule has 0 saturated heterocycles. The Kier molecular flexibility index (Phi) is 5.44. The Balaban J connectivity index is 1.72. The summed E-state index contributed by atoms with van der Waals surface area (Å²) in [6.07, 6.45) is 6.47. The molecule has 2 nitrogen and oxygen atoms in total. The number of benzene rings is 1. The van der Waals surface area contributed by atoms with Crippen LogP contribution < -0.4 is 5.32 Å². The third kappa shape index (κ3) is 4.34. The van der Waals surface area contributed by atoms with Crippen molar-refractivity contribution in [2.24, 2.45) is 5.41 Å². The van der Waals surface area contributed by atoms with Gasteiger partial charge in [-0.25, -0.2) is 0 Å². The summed E-state index contributed by atoms with van der Waals surface area (Å²) in [5, 5.41) is 4.12. The fourth-order valence-electron chi connectivity index (χ4n) is 2.76. The average Bonchev–Trinajstić information content (AvgIpc) is 2.93. The first-order valence-electron chi connectivity index (χ1n) is 7.11. The molecule has 0 heterocycles. The molecule has 1 fully saturated rings. The van der Waals surface area contributed by atoms with E-state index in [1.165, 1.54) is 31.2 Å². The van der Waals surface area contributed by atoms with E-state index in [4.69, 9.17) is 0 Å². The molecule has 0 aromatic heterocycles. The van der Waals surface area contributed by atoms with Crippen LogP contribution >= 0.6 is 15.9 Å². The molecule has 1 aliphatic carbocycles. The Hall–Kier alpha value is -0.830. The van der Waals surface area contributed by atoms with E-state index >= 15 is 0 Å². The number of rotatable bonds is 6. The molecule has 3 heteroatoms. The molecule has 0 atom stereocenters. The van der Waals surface area contributed by atoms with Crippen LogP contribution in [-0.4, -0.2) is 17.8 Å². The lowest BCUT2D eigenvalue weighted by atomic mass is 9.89. The van der Waals surface area contributed by atoms with Crippen LogP contribution in [0.4, 0.5) is 0 Å². The van der Waals surface area contributed by atoms with Crippen molar-refractivity contribution in [3.8, 4) is 0 Å². The van der Waals surface area contributed by atoms with Crippen molar-refractivity contribution in [2.45, 2.75) is 38.5 Å². The first-order chi connectivity index (χ1) is 9.24. The number of halogens is 1. The van der Waals surface area contributed by atoms with E-state index in [0.717, 1.165) is 18.3 Å². The van der Waals surface area contributed by atoms with Gasteiger partial charge in [0, 0.05) is 18.3 Å². The summed E-state index contributed by atoms with van der Waals surface area (Å²) < 4.78 is 0. The predicted octanol–water partition coefficient (Wildman–Crippen LogP) is 3.69. The second-order valence-corrected chi connectivity index (χ2v) is 6.16. The van der Waals surface area contributed by atoms with Crippen molar-refractivity contribution < 1.29 is 4.79 Å². The van der Waals surface area contributed by atoms with Gasteiger partial charge in [-0.3, -0.25) is 4.79 Å². The van der Waals surface area contributed by atoms with Crippen molar-refractivity contribution >= 4 is 21.8 Å². The number of nitrogens with one attached hydrogen (secondary N) is 1. The zero-order valence-corrected chi connectivity index (χ0v) is 12.9. The van der Waals surface area contributed by atoms with Crippen LogP contribution in [0.5, 0.6) is 0 Å². The Bertz CT molecular complexity index is 398. The van der Waals surface area contributed by atoms with Gasteiger partial charge in [0.05, 0.1) is 0 Å². The maximum Gasteiger partial charge on any atom is 0.220 e. The Morgan fingerprint density at radius 1 is 1.21 bits per heavy atom. The number of amides is 1. The number of hydrogen-bond acceptors (Lipinski definition) is 1. The van der Waals surface area contributed by atoms with Gasteiger partial charge in [0.2, 0.25) is 5.91 Å². The normalized spacial score (nSPS) is 17.3. The SMILES string of the molecule is O=C(CCc1ccccc1)NCC1(CBr)CCCC1. The van der Waals surface area contributed by atoms with E-state index in [0.29, 0.717) is 11.8 Å². The van der Waals surface area contributed by atoms with Crippen LogP contribution in [0.25, 0.3) is 0 Å². The molecule has 1 aliphatic rings. The lowest BCUT2D eigenvalue weighted by Gasteiger charge is -2.26. The molecule has 1 amide bonds. The lowest BCUT2D eigenvalue weighted by molar-refractivity contribution is -0.121. The zero-order chi connectivity index (χ0) is 13.6. The Morgan fingerprint density at radius 3 is 2.53 bits per heavy atom. The van der Waals surface area contributed by atoms with E-state index in [2.05, 4.69) is 33.4 Å². The first-order valence-corrected chi connectivity index (χ1v) is 8.23. The monoisotopic (exact) mass is 323 g/mol. The van der Waals surface area contributed by atoms with Gasteiger partial charge in [0.25, 0.3) is 0 Å². The summed E-state index contributed by atoms with van der Waals surface area (Å²) in [5.41, 5.74) is 1.54. The molecule has 0 spiro atoms. The van der Waals surface area contributed by atoms with E-state index < -0.39 is 0 Å². The van der Waals surface area contributed by atoms with Crippen molar-refractivity contribution in [2.75, 3.05) is 11.9 Å². The molecule has 1 saturated carbocycles. The lowest BCUT2D eigenvalue weighted by Crippen LogP contribution is -2.37. The van der Waals surface area contributed by atoms with Crippen molar-refractivity contribution in [1.29, 1.82) is 0 Å². The third-order valence-electron chi connectivity index (χ3n) is 4.09. The van der Waals surface area contributed by atoms with Crippen LogP contribution in [0.2, 0.25) is 0 Å². The smallest absolute Gasteiger partial charge is 0.220 e. The largest absolute Gasteiger partial charge is 0.356 e. The van der Waals surface area contributed by atoms with Crippen LogP contribution in [0, 0.1) is 5.41 Å². The average molecular weight is 324 g/mol. The molecule has 0 bridgehead atoms. The first kappa shape index (κ1) is 14.6. The van der Waals surface area contributed by atoms with Gasteiger partial charge in [-0.2, -0.15) is 0 Å². The highest BCUT2D eigenvalue weighted by Crippen LogP contribution is 2.38. The quantitative estimate of drug-likeness (QED) is 0.795. The fourth-order valence-corrected chi connectivity index (χ4v) is 3.52. The number of alkyl halides is 1. The molecule has 19 heavy (non-hydrogen) atoms. The zero-order valence-electron chi connectivity index (χ0n) is 11.3. The second-order valence-electron chi connectivity index (χ2n) is 5.60. The molecule has 0 radical (unpaired) electrons. The number of carbonyl (C=O) groups is 1. The Labute approximate surface area is 124 Å². The maximum absolute atomic E-state index is 11.9. The van der Waals surface area contributed by atoms with Gasteiger partial charge in [-0.05, 0) is 30.2 Å². The van der Waals surface area contributed by atoms with Crippen LogP contribution in [-0.2, 0) is 11.2 Å². The van der Waals surface area contributed by atoms with Gasteiger partial charge in [-0.15, -0.1) is 0 Å². The highest BCUT2D eigenvalue weighted by Gasteiger charge is 2.32. The molecule has 1 aromatic rings. The molecule has 1 N–H and O–H groups in total. The summed E-state index contributed by atoms with van der Waals surface area (Å²) >= 11 is 3.61. The van der Waals surface area contributed by atoms with Crippen molar-refractivity contribution in [1.82, 2.24) is 5.32 Å². The van der Waals surface area contributed by atoms with Gasteiger partial charge in [-0.1, -0.05) is 59.1 Å². The topological polar surface area (TPSA) is 29.1 Å². The van der Waals surface area contributed by atoms with Gasteiger partial charge in [0.1, 0.15) is 0 Å². The van der Waals surface area contributed by atoms with Crippen molar-refractivity contribution in [3.63, 3.8) is 0 Å². The van der Waals surface area contributed by atoms with E-state index in [9.17, 15) is 4.79 Å². The molecule has 0 aliphatic heterocycles. The van der Waals surface area contributed by atoms with E-state index in [-0.39, 0.29) is 5.91 Å². The summed E-state index contributed by atoms with van der Waals surface area (Å²) in [4.78, 5) is 11.9. The molecule has 2 rings (SSSR count). The van der Waals surface area contributed by atoms with Crippen molar-refractivity contribution in [3.05, 3.63) is 35.9 Å². The third-order valence-corrected chi connectivity index (χ3v) is 5.28. The summed E-state index contributed by atoms with van der Waals surface area (Å²) in [6.45, 7) is 0.825. The van der Waals surface area contributed by atoms with E-state index in [1.54, 1.807) is 0 Å². The predicted molar refractivity (Wildman–Crippen MR) is 82.5 cm³/mol. The van der Waals surface area contributed by atoms with Crippen LogP contribution in [0.15, 0.2) is 30.3 Å². The Morgan fingerprint density at radius 2 is 1.89 bits per heavy atom. The number of hydrogen-bond donors (Lipinski definition) is 1. The molecule has 1 aromatic carbocycles.